The van der Waals surface area contributed by atoms with Crippen LogP contribution in [0.5, 0.6) is 0 Å². The van der Waals surface area contributed by atoms with Gasteiger partial charge in [0.05, 0.1) is 5.56 Å². The topological polar surface area (TPSA) is 40.5 Å². The first kappa shape index (κ1) is 13.5. The number of benzene rings is 2. The molecule has 1 N–H and O–H groups in total. The third kappa shape index (κ3) is 2.46. The van der Waals surface area contributed by atoms with Crippen LogP contribution in [0, 0.1) is 11.6 Å². The van der Waals surface area contributed by atoms with Crippen molar-refractivity contribution in [2.75, 3.05) is 11.4 Å². The highest BCUT2D eigenvalue weighted by molar-refractivity contribution is 5.88. The van der Waals surface area contributed by atoms with E-state index in [4.69, 9.17) is 5.11 Å². The molecule has 5 heteroatoms. The van der Waals surface area contributed by atoms with Crippen molar-refractivity contribution in [3.05, 3.63) is 64.7 Å². The second kappa shape index (κ2) is 5.16. The molecule has 108 valence electrons. The molecule has 21 heavy (non-hydrogen) atoms. The van der Waals surface area contributed by atoms with Gasteiger partial charge in [0.2, 0.25) is 0 Å². The molecule has 0 aliphatic carbocycles. The zero-order chi connectivity index (χ0) is 15.0. The van der Waals surface area contributed by atoms with Crippen LogP contribution in [0.15, 0.2) is 36.4 Å². The van der Waals surface area contributed by atoms with Gasteiger partial charge in [-0.2, -0.15) is 0 Å². The molecule has 0 aromatic heterocycles. The number of rotatable bonds is 3. The van der Waals surface area contributed by atoms with E-state index in [9.17, 15) is 13.6 Å². The van der Waals surface area contributed by atoms with Gasteiger partial charge in [-0.1, -0.05) is 6.07 Å². The van der Waals surface area contributed by atoms with E-state index in [2.05, 4.69) is 0 Å². The number of hydrogen-bond donors (Lipinski definition) is 1. The molecule has 2 aromatic carbocycles. The molecule has 3 nitrogen and oxygen atoms in total. The number of carbonyl (C=O) groups is 1. The van der Waals surface area contributed by atoms with E-state index in [1.165, 1.54) is 24.3 Å². The fraction of sp³-hybridized carbons (Fsp3) is 0.188. The van der Waals surface area contributed by atoms with Crippen molar-refractivity contribution >= 4 is 11.7 Å². The Bertz CT molecular complexity index is 695. The van der Waals surface area contributed by atoms with Crippen molar-refractivity contribution in [3.8, 4) is 0 Å². The lowest BCUT2D eigenvalue weighted by Gasteiger charge is -2.20. The Balaban J connectivity index is 1.90. The highest BCUT2D eigenvalue weighted by atomic mass is 19.1. The molecule has 1 aliphatic heterocycles. The molecule has 0 bridgehead atoms. The number of nitrogens with zero attached hydrogens (tertiary/aromatic N) is 1. The van der Waals surface area contributed by atoms with E-state index in [1.54, 1.807) is 12.1 Å². The van der Waals surface area contributed by atoms with Gasteiger partial charge in [-0.15, -0.1) is 0 Å². The molecular weight excluding hydrogens is 276 g/mol. The maximum absolute atomic E-state index is 13.7. The maximum atomic E-state index is 13.7. The Hall–Kier alpha value is -2.43. The van der Waals surface area contributed by atoms with Crippen LogP contribution < -0.4 is 4.90 Å². The number of fused-ring (bicyclic) bond motifs is 1. The standard InChI is InChI=1S/C16H13F2NO2/c17-13-2-1-3-14(18)12(13)9-19-7-6-10-8-11(16(20)21)4-5-15(10)19/h1-5,8H,6-7,9H2,(H,20,21). The predicted molar refractivity (Wildman–Crippen MR) is 74.5 cm³/mol. The summed E-state index contributed by atoms with van der Waals surface area (Å²) in [5.41, 5.74) is 2.00. The normalized spacial score (nSPS) is 13.3. The number of halogens is 2. The van der Waals surface area contributed by atoms with Gasteiger partial charge in [-0.05, 0) is 42.3 Å². The predicted octanol–water partition coefficient (Wildman–Crippen LogP) is 3.23. The molecule has 1 heterocycles. The van der Waals surface area contributed by atoms with Crippen LogP contribution in [0.1, 0.15) is 21.5 Å². The third-order valence-corrected chi connectivity index (χ3v) is 3.73. The first-order valence-corrected chi connectivity index (χ1v) is 6.60. The van der Waals surface area contributed by atoms with E-state index < -0.39 is 17.6 Å². The van der Waals surface area contributed by atoms with Gasteiger partial charge in [0.15, 0.2) is 0 Å². The fourth-order valence-corrected chi connectivity index (χ4v) is 2.64. The van der Waals surface area contributed by atoms with E-state index >= 15 is 0 Å². The van der Waals surface area contributed by atoms with Crippen LogP contribution in [0.4, 0.5) is 14.5 Å². The van der Waals surface area contributed by atoms with Crippen LogP contribution >= 0.6 is 0 Å². The van der Waals surface area contributed by atoms with Crippen molar-refractivity contribution in [1.29, 1.82) is 0 Å². The summed E-state index contributed by atoms with van der Waals surface area (Å²) in [6.07, 6.45) is 0.673. The lowest BCUT2D eigenvalue weighted by atomic mass is 10.1. The molecule has 3 rings (SSSR count). The van der Waals surface area contributed by atoms with E-state index in [0.717, 1.165) is 11.3 Å². The molecule has 0 amide bonds. The minimum atomic E-state index is -0.976. The Morgan fingerprint density at radius 2 is 1.90 bits per heavy atom. The molecule has 0 unspecified atom stereocenters. The largest absolute Gasteiger partial charge is 0.478 e. The van der Waals surface area contributed by atoms with Crippen molar-refractivity contribution in [1.82, 2.24) is 0 Å². The van der Waals surface area contributed by atoms with Crippen LogP contribution in [-0.4, -0.2) is 17.6 Å². The van der Waals surface area contributed by atoms with Crippen molar-refractivity contribution in [3.63, 3.8) is 0 Å². The molecule has 2 aromatic rings. The van der Waals surface area contributed by atoms with Crippen LogP contribution in [0.2, 0.25) is 0 Å². The summed E-state index contributed by atoms with van der Waals surface area (Å²) in [4.78, 5) is 12.8. The molecule has 0 spiro atoms. The van der Waals surface area contributed by atoms with Gasteiger partial charge in [0.25, 0.3) is 0 Å². The van der Waals surface area contributed by atoms with E-state index in [0.29, 0.717) is 13.0 Å². The first-order valence-electron chi connectivity index (χ1n) is 6.60. The van der Waals surface area contributed by atoms with Gasteiger partial charge in [-0.3, -0.25) is 0 Å². The molecule has 0 atom stereocenters. The van der Waals surface area contributed by atoms with Crippen molar-refractivity contribution in [2.45, 2.75) is 13.0 Å². The zero-order valence-electron chi connectivity index (χ0n) is 11.1. The minimum absolute atomic E-state index is 0.0349. The summed E-state index contributed by atoms with van der Waals surface area (Å²) in [5, 5.41) is 8.98. The number of carboxylic acid groups (broad SMARTS) is 1. The Labute approximate surface area is 120 Å². The Morgan fingerprint density at radius 3 is 2.57 bits per heavy atom. The summed E-state index contributed by atoms with van der Waals surface area (Å²) in [6, 6.07) is 8.65. The van der Waals surface area contributed by atoms with Gasteiger partial charge >= 0.3 is 5.97 Å². The van der Waals surface area contributed by atoms with Gasteiger partial charge in [-0.25, -0.2) is 13.6 Å². The monoisotopic (exact) mass is 289 g/mol. The molecule has 0 fully saturated rings. The Morgan fingerprint density at radius 1 is 1.19 bits per heavy atom. The number of aromatic carboxylic acids is 1. The lowest BCUT2D eigenvalue weighted by molar-refractivity contribution is 0.0697. The quantitative estimate of drug-likeness (QED) is 0.943. The van der Waals surface area contributed by atoms with Crippen molar-refractivity contribution < 1.29 is 18.7 Å². The number of hydrogen-bond acceptors (Lipinski definition) is 2. The summed E-state index contributed by atoms with van der Waals surface area (Å²) >= 11 is 0. The molecule has 0 saturated heterocycles. The highest BCUT2D eigenvalue weighted by Crippen LogP contribution is 2.31. The van der Waals surface area contributed by atoms with Gasteiger partial charge < -0.3 is 10.0 Å². The Kier molecular flexibility index (Phi) is 3.33. The number of anilines is 1. The van der Waals surface area contributed by atoms with Gasteiger partial charge in [0, 0.05) is 24.3 Å². The zero-order valence-corrected chi connectivity index (χ0v) is 11.1. The lowest BCUT2D eigenvalue weighted by Crippen LogP contribution is -2.21. The second-order valence-electron chi connectivity index (χ2n) is 5.02. The summed E-state index contributed by atoms with van der Waals surface area (Å²) in [5.74, 6) is -2.10. The van der Waals surface area contributed by atoms with E-state index in [1.807, 2.05) is 4.90 Å². The minimum Gasteiger partial charge on any atom is -0.478 e. The molecule has 0 radical (unpaired) electrons. The van der Waals surface area contributed by atoms with Crippen LogP contribution in [0.25, 0.3) is 0 Å². The maximum Gasteiger partial charge on any atom is 0.335 e. The molecule has 1 aliphatic rings. The third-order valence-electron chi connectivity index (χ3n) is 3.73. The van der Waals surface area contributed by atoms with Crippen molar-refractivity contribution in [2.24, 2.45) is 0 Å². The summed E-state index contributed by atoms with van der Waals surface area (Å²) in [7, 11) is 0. The van der Waals surface area contributed by atoms with Gasteiger partial charge in [0.1, 0.15) is 11.6 Å². The smallest absolute Gasteiger partial charge is 0.335 e. The first-order chi connectivity index (χ1) is 10.1. The SMILES string of the molecule is O=C(O)c1ccc2c(c1)CCN2Cc1c(F)cccc1F. The second-order valence-corrected chi connectivity index (χ2v) is 5.02. The number of carboxylic acids is 1. The van der Waals surface area contributed by atoms with Crippen LogP contribution in [-0.2, 0) is 13.0 Å². The molecule has 0 saturated carbocycles. The van der Waals surface area contributed by atoms with E-state index in [-0.39, 0.29) is 17.7 Å². The summed E-state index contributed by atoms with van der Waals surface area (Å²) < 4.78 is 27.4. The highest BCUT2D eigenvalue weighted by Gasteiger charge is 2.22. The average molecular weight is 289 g/mol. The summed E-state index contributed by atoms with van der Waals surface area (Å²) in [6.45, 7) is 0.754. The average Bonchev–Trinajstić information content (AvgIpc) is 2.85. The van der Waals surface area contributed by atoms with Crippen LogP contribution in [0.3, 0.4) is 0 Å². The molecular formula is C16H13F2NO2. The fourth-order valence-electron chi connectivity index (χ4n) is 2.64.